The van der Waals surface area contributed by atoms with Crippen LogP contribution in [0, 0.1) is 0 Å². The van der Waals surface area contributed by atoms with Crippen molar-refractivity contribution >= 4 is 13.7 Å². The molecule has 0 saturated heterocycles. The van der Waals surface area contributed by atoms with Gasteiger partial charge in [0, 0.05) is 6.42 Å². The third-order valence-electron chi connectivity index (χ3n) is 9.86. The van der Waals surface area contributed by atoms with Gasteiger partial charge >= 0.3 is 7.82 Å². The third kappa shape index (κ3) is 35.9. The van der Waals surface area contributed by atoms with Crippen molar-refractivity contribution in [3.63, 3.8) is 0 Å². The number of hydrogen-bond donors (Lipinski definition) is 3. The Morgan fingerprint density at radius 2 is 0.960 bits per heavy atom. The van der Waals surface area contributed by atoms with Gasteiger partial charge in [-0.3, -0.25) is 13.8 Å². The van der Waals surface area contributed by atoms with Gasteiger partial charge in [-0.15, -0.1) is 0 Å². The van der Waals surface area contributed by atoms with Gasteiger partial charge in [0.05, 0.1) is 39.9 Å². The SMILES string of the molecule is CCCCCCCCCCCCCCCCCCCCCC(=O)N[C@@H](COP(=O)(O)OCC[N+](C)(C)C)[C@H](O)CCCCCCCCCCC. The third-order valence-corrected chi connectivity index (χ3v) is 10.8. The molecule has 0 aromatic heterocycles. The summed E-state index contributed by atoms with van der Waals surface area (Å²) in [5.74, 6) is -0.143. The highest BCUT2D eigenvalue weighted by Crippen LogP contribution is 2.43. The van der Waals surface area contributed by atoms with Crippen LogP contribution in [0.15, 0.2) is 0 Å². The first-order chi connectivity index (χ1) is 24.0. The molecule has 0 heterocycles. The van der Waals surface area contributed by atoms with Crippen LogP contribution in [0.4, 0.5) is 0 Å². The largest absolute Gasteiger partial charge is 0.472 e. The predicted molar refractivity (Wildman–Crippen MR) is 212 cm³/mol. The number of hydrogen-bond acceptors (Lipinski definition) is 5. The van der Waals surface area contributed by atoms with Gasteiger partial charge in [0.15, 0.2) is 0 Å². The summed E-state index contributed by atoms with van der Waals surface area (Å²) in [6.07, 6.45) is 35.6. The lowest BCUT2D eigenvalue weighted by Gasteiger charge is -2.26. The van der Waals surface area contributed by atoms with E-state index in [1.54, 1.807) is 0 Å². The van der Waals surface area contributed by atoms with Crippen molar-refractivity contribution in [2.24, 2.45) is 0 Å². The first kappa shape index (κ1) is 49.5. The molecular formula is C41H86N2O6P+. The standard InChI is InChI=1S/C41H85N2O6P/c1-6-8-10-12-14-16-17-18-19-20-21-22-23-24-25-27-29-31-33-35-41(45)42-39(38-49-50(46,47)48-37-36-43(3,4)5)40(44)34-32-30-28-26-15-13-11-9-7-2/h39-40,44H,6-38H2,1-5H3,(H-,42,45,46,47)/p+1/t39-,40+/m0/s1. The highest BCUT2D eigenvalue weighted by atomic mass is 31.2. The van der Waals surface area contributed by atoms with Crippen LogP contribution in [-0.4, -0.2) is 73.4 Å². The molecule has 0 bridgehead atoms. The summed E-state index contributed by atoms with van der Waals surface area (Å²) in [4.78, 5) is 23.0. The van der Waals surface area contributed by atoms with Crippen LogP contribution >= 0.6 is 7.82 Å². The van der Waals surface area contributed by atoms with Gasteiger partial charge in [0.25, 0.3) is 0 Å². The monoisotopic (exact) mass is 734 g/mol. The Labute approximate surface area is 310 Å². The highest BCUT2D eigenvalue weighted by Gasteiger charge is 2.28. The fourth-order valence-corrected chi connectivity index (χ4v) is 7.13. The van der Waals surface area contributed by atoms with Crippen LogP contribution in [0.5, 0.6) is 0 Å². The van der Waals surface area contributed by atoms with E-state index in [9.17, 15) is 19.4 Å². The molecule has 0 aromatic carbocycles. The van der Waals surface area contributed by atoms with Crippen molar-refractivity contribution in [1.82, 2.24) is 5.32 Å². The summed E-state index contributed by atoms with van der Waals surface area (Å²) >= 11 is 0. The van der Waals surface area contributed by atoms with E-state index in [1.807, 2.05) is 21.1 Å². The molecule has 0 spiro atoms. The van der Waals surface area contributed by atoms with E-state index in [0.29, 0.717) is 23.9 Å². The lowest BCUT2D eigenvalue weighted by molar-refractivity contribution is -0.870. The molecule has 1 amide bonds. The van der Waals surface area contributed by atoms with Crippen LogP contribution < -0.4 is 5.32 Å². The Bertz CT molecular complexity index is 794. The molecule has 0 fully saturated rings. The Balaban J connectivity index is 4.23. The number of amides is 1. The highest BCUT2D eigenvalue weighted by molar-refractivity contribution is 7.47. The van der Waals surface area contributed by atoms with E-state index >= 15 is 0 Å². The molecule has 8 nitrogen and oxygen atoms in total. The van der Waals surface area contributed by atoms with Gasteiger partial charge in [0.1, 0.15) is 13.2 Å². The molecule has 0 saturated carbocycles. The number of aliphatic hydroxyl groups excluding tert-OH is 1. The molecule has 300 valence electrons. The molecular weight excluding hydrogens is 647 g/mol. The van der Waals surface area contributed by atoms with Gasteiger partial charge in [-0.25, -0.2) is 4.57 Å². The molecule has 0 aliphatic rings. The zero-order valence-corrected chi connectivity index (χ0v) is 34.8. The van der Waals surface area contributed by atoms with Gasteiger partial charge < -0.3 is 19.8 Å². The number of quaternary nitrogens is 1. The van der Waals surface area contributed by atoms with Crippen LogP contribution in [0.3, 0.4) is 0 Å². The van der Waals surface area contributed by atoms with Crippen molar-refractivity contribution in [1.29, 1.82) is 0 Å². The minimum absolute atomic E-state index is 0.0781. The van der Waals surface area contributed by atoms with Crippen molar-refractivity contribution < 1.29 is 32.9 Å². The van der Waals surface area contributed by atoms with E-state index in [4.69, 9.17) is 9.05 Å². The normalized spacial score (nSPS) is 14.5. The zero-order valence-electron chi connectivity index (χ0n) is 33.9. The van der Waals surface area contributed by atoms with Gasteiger partial charge in [0.2, 0.25) is 5.91 Å². The van der Waals surface area contributed by atoms with E-state index < -0.39 is 20.0 Å². The lowest BCUT2D eigenvalue weighted by atomic mass is 10.0. The summed E-state index contributed by atoms with van der Waals surface area (Å²) in [5, 5.41) is 13.9. The number of unbranched alkanes of at least 4 members (excludes halogenated alkanes) is 26. The number of phosphoric acid groups is 1. The quantitative estimate of drug-likeness (QED) is 0.0330. The lowest BCUT2D eigenvalue weighted by Crippen LogP contribution is -2.46. The number of phosphoric ester groups is 1. The molecule has 9 heteroatoms. The molecule has 50 heavy (non-hydrogen) atoms. The Hall–Kier alpha value is -0.500. The number of aliphatic hydroxyl groups is 1. The van der Waals surface area contributed by atoms with Crippen molar-refractivity contribution in [2.75, 3.05) is 40.9 Å². The fraction of sp³-hybridized carbons (Fsp3) is 0.976. The number of rotatable bonds is 39. The van der Waals surface area contributed by atoms with Gasteiger partial charge in [-0.05, 0) is 12.8 Å². The first-order valence-electron chi connectivity index (χ1n) is 21.4. The van der Waals surface area contributed by atoms with Gasteiger partial charge in [-0.1, -0.05) is 187 Å². The number of carbonyl (C=O) groups excluding carboxylic acids is 1. The molecule has 0 rings (SSSR count). The second-order valence-electron chi connectivity index (χ2n) is 16.1. The second kappa shape index (κ2) is 34.3. The van der Waals surface area contributed by atoms with E-state index in [2.05, 4.69) is 19.2 Å². The summed E-state index contributed by atoms with van der Waals surface area (Å²) in [6.45, 7) is 4.88. The molecule has 3 N–H and O–H groups in total. The van der Waals surface area contributed by atoms with Crippen molar-refractivity contribution in [2.45, 2.75) is 219 Å². The maximum absolute atomic E-state index is 12.8. The van der Waals surface area contributed by atoms with Crippen LogP contribution in [0.25, 0.3) is 0 Å². The summed E-state index contributed by atoms with van der Waals surface area (Å²) in [6, 6.07) is -0.751. The summed E-state index contributed by atoms with van der Waals surface area (Å²) in [5.41, 5.74) is 0. The van der Waals surface area contributed by atoms with E-state index in [0.717, 1.165) is 38.5 Å². The average molecular weight is 734 g/mol. The number of nitrogens with one attached hydrogen (secondary N) is 1. The predicted octanol–water partition coefficient (Wildman–Crippen LogP) is 11.4. The van der Waals surface area contributed by atoms with Gasteiger partial charge in [-0.2, -0.15) is 0 Å². The topological polar surface area (TPSA) is 105 Å². The zero-order chi connectivity index (χ0) is 37.2. The van der Waals surface area contributed by atoms with E-state index in [1.165, 1.54) is 141 Å². The molecule has 0 aliphatic heterocycles. The Kier molecular flexibility index (Phi) is 33.9. The number of nitrogens with zero attached hydrogens (tertiary/aromatic N) is 1. The number of likely N-dealkylation sites (N-methyl/N-ethyl adjacent to an activating group) is 1. The Morgan fingerprint density at radius 3 is 1.34 bits per heavy atom. The molecule has 0 aromatic rings. The summed E-state index contributed by atoms with van der Waals surface area (Å²) < 4.78 is 23.5. The molecule has 0 aliphatic carbocycles. The maximum Gasteiger partial charge on any atom is 0.472 e. The van der Waals surface area contributed by atoms with Crippen LogP contribution in [0.2, 0.25) is 0 Å². The maximum atomic E-state index is 12.8. The smallest absolute Gasteiger partial charge is 0.391 e. The average Bonchev–Trinajstić information content (AvgIpc) is 3.06. The van der Waals surface area contributed by atoms with Crippen LogP contribution in [-0.2, 0) is 18.4 Å². The first-order valence-corrected chi connectivity index (χ1v) is 22.9. The molecule has 3 atom stereocenters. The van der Waals surface area contributed by atoms with E-state index in [-0.39, 0.29) is 19.1 Å². The van der Waals surface area contributed by atoms with Crippen LogP contribution in [0.1, 0.15) is 206 Å². The number of carbonyl (C=O) groups is 1. The summed E-state index contributed by atoms with van der Waals surface area (Å²) in [7, 11) is 1.62. The minimum atomic E-state index is -4.30. The second-order valence-corrected chi connectivity index (χ2v) is 17.5. The molecule has 0 radical (unpaired) electrons. The van der Waals surface area contributed by atoms with Crippen molar-refractivity contribution in [3.8, 4) is 0 Å². The van der Waals surface area contributed by atoms with Crippen molar-refractivity contribution in [3.05, 3.63) is 0 Å². The Morgan fingerprint density at radius 1 is 0.600 bits per heavy atom. The molecule has 1 unspecified atom stereocenters. The minimum Gasteiger partial charge on any atom is -0.391 e. The fourth-order valence-electron chi connectivity index (χ4n) is 6.40.